The van der Waals surface area contributed by atoms with Gasteiger partial charge in [0, 0.05) is 17.3 Å². The fourth-order valence-corrected chi connectivity index (χ4v) is 3.07. The zero-order chi connectivity index (χ0) is 17.5. The average molecular weight is 336 g/mol. The van der Waals surface area contributed by atoms with Gasteiger partial charge in [-0.15, -0.1) is 0 Å². The Kier molecular flexibility index (Phi) is 5.67. The number of aliphatic imine (C=N–C) groups is 1. The summed E-state index contributed by atoms with van der Waals surface area (Å²) in [5.74, 6) is 0.655. The Balaban J connectivity index is 1.57. The number of guanidine groups is 1. The average Bonchev–Trinajstić information content (AvgIpc) is 3.16. The normalized spacial score (nSPS) is 15.1. The molecule has 0 aromatic heterocycles. The first-order chi connectivity index (χ1) is 12.2. The molecular formula is C20H24N4O. The first-order valence-electron chi connectivity index (χ1n) is 8.72. The summed E-state index contributed by atoms with van der Waals surface area (Å²) in [5.41, 5.74) is 8.65. The van der Waals surface area contributed by atoms with Gasteiger partial charge in [-0.3, -0.25) is 4.79 Å². The fraction of sp³-hybridized carbons (Fsp3) is 0.300. The van der Waals surface area contributed by atoms with Crippen LogP contribution in [0, 0.1) is 5.92 Å². The number of nitrogens with two attached hydrogens (primary N) is 1. The minimum atomic E-state index is 0.128. The number of para-hydroxylation sites is 1. The van der Waals surface area contributed by atoms with Crippen LogP contribution in [0.3, 0.4) is 0 Å². The molecular weight excluding hydrogens is 312 g/mol. The van der Waals surface area contributed by atoms with E-state index < -0.39 is 0 Å². The lowest BCUT2D eigenvalue weighted by molar-refractivity contribution is -0.119. The second-order valence-corrected chi connectivity index (χ2v) is 6.36. The minimum Gasteiger partial charge on any atom is -0.370 e. The van der Waals surface area contributed by atoms with E-state index in [1.54, 1.807) is 0 Å². The SMILES string of the molecule is NC(=NCc1cccc(NC(=O)C2CCCC2)c1)Nc1ccccc1. The highest BCUT2D eigenvalue weighted by atomic mass is 16.1. The summed E-state index contributed by atoms with van der Waals surface area (Å²) in [6.07, 6.45) is 4.30. The summed E-state index contributed by atoms with van der Waals surface area (Å²) in [6, 6.07) is 17.4. The smallest absolute Gasteiger partial charge is 0.227 e. The molecule has 130 valence electrons. The van der Waals surface area contributed by atoms with Crippen LogP contribution in [0.1, 0.15) is 31.2 Å². The molecule has 0 spiro atoms. The third-order valence-corrected chi connectivity index (χ3v) is 4.40. The number of hydrogen-bond donors (Lipinski definition) is 3. The molecule has 1 fully saturated rings. The van der Waals surface area contributed by atoms with Crippen molar-refractivity contribution in [3.63, 3.8) is 0 Å². The van der Waals surface area contributed by atoms with Gasteiger partial charge in [-0.05, 0) is 42.7 Å². The predicted octanol–water partition coefficient (Wildman–Crippen LogP) is 3.74. The van der Waals surface area contributed by atoms with E-state index in [9.17, 15) is 4.79 Å². The first kappa shape index (κ1) is 17.0. The van der Waals surface area contributed by atoms with Crippen molar-refractivity contribution in [1.82, 2.24) is 0 Å². The van der Waals surface area contributed by atoms with Crippen molar-refractivity contribution < 1.29 is 4.79 Å². The molecule has 0 atom stereocenters. The van der Waals surface area contributed by atoms with Crippen LogP contribution in [0.15, 0.2) is 59.6 Å². The molecule has 5 heteroatoms. The van der Waals surface area contributed by atoms with Crippen LogP contribution in [0.25, 0.3) is 0 Å². The third kappa shape index (κ3) is 5.08. The highest BCUT2D eigenvalue weighted by Gasteiger charge is 2.22. The van der Waals surface area contributed by atoms with Gasteiger partial charge < -0.3 is 16.4 Å². The van der Waals surface area contributed by atoms with E-state index in [2.05, 4.69) is 15.6 Å². The van der Waals surface area contributed by atoms with Crippen molar-refractivity contribution in [2.24, 2.45) is 16.6 Å². The molecule has 2 aromatic carbocycles. The summed E-state index contributed by atoms with van der Waals surface area (Å²) in [4.78, 5) is 16.6. The van der Waals surface area contributed by atoms with Crippen molar-refractivity contribution in [3.8, 4) is 0 Å². The van der Waals surface area contributed by atoms with Crippen molar-refractivity contribution >= 4 is 23.2 Å². The van der Waals surface area contributed by atoms with Crippen molar-refractivity contribution in [2.75, 3.05) is 10.6 Å². The predicted molar refractivity (Wildman–Crippen MR) is 102 cm³/mol. The maximum atomic E-state index is 12.2. The summed E-state index contributed by atoms with van der Waals surface area (Å²) < 4.78 is 0. The molecule has 0 bridgehead atoms. The topological polar surface area (TPSA) is 79.5 Å². The van der Waals surface area contributed by atoms with Crippen molar-refractivity contribution in [1.29, 1.82) is 0 Å². The summed E-state index contributed by atoms with van der Waals surface area (Å²) >= 11 is 0. The van der Waals surface area contributed by atoms with Crippen LogP contribution in [0.4, 0.5) is 11.4 Å². The van der Waals surface area contributed by atoms with Gasteiger partial charge in [-0.2, -0.15) is 0 Å². The lowest BCUT2D eigenvalue weighted by Crippen LogP contribution is -2.22. The molecule has 2 aromatic rings. The summed E-state index contributed by atoms with van der Waals surface area (Å²) in [6.45, 7) is 0.457. The number of benzene rings is 2. The van der Waals surface area contributed by atoms with Crippen LogP contribution in [-0.4, -0.2) is 11.9 Å². The van der Waals surface area contributed by atoms with Crippen molar-refractivity contribution in [3.05, 3.63) is 60.2 Å². The number of carbonyl (C=O) groups is 1. The molecule has 1 aliphatic rings. The summed E-state index contributed by atoms with van der Waals surface area (Å²) in [5, 5.41) is 6.07. The molecule has 25 heavy (non-hydrogen) atoms. The second kappa shape index (κ2) is 8.33. The van der Waals surface area contributed by atoms with Gasteiger partial charge in [0.2, 0.25) is 5.91 Å². The first-order valence-corrected chi connectivity index (χ1v) is 8.72. The number of carbonyl (C=O) groups excluding carboxylic acids is 1. The van der Waals surface area contributed by atoms with E-state index in [0.717, 1.165) is 42.6 Å². The number of amides is 1. The molecule has 1 amide bonds. The highest BCUT2D eigenvalue weighted by Crippen LogP contribution is 2.26. The molecule has 0 radical (unpaired) electrons. The highest BCUT2D eigenvalue weighted by molar-refractivity contribution is 5.93. The Hall–Kier alpha value is -2.82. The molecule has 4 N–H and O–H groups in total. The number of rotatable bonds is 5. The van der Waals surface area contributed by atoms with E-state index in [0.29, 0.717) is 12.5 Å². The monoisotopic (exact) mass is 336 g/mol. The number of anilines is 2. The van der Waals surface area contributed by atoms with Crippen LogP contribution < -0.4 is 16.4 Å². The van der Waals surface area contributed by atoms with Crippen LogP contribution in [-0.2, 0) is 11.3 Å². The second-order valence-electron chi connectivity index (χ2n) is 6.36. The van der Waals surface area contributed by atoms with Gasteiger partial charge in [0.1, 0.15) is 0 Å². The van der Waals surface area contributed by atoms with Gasteiger partial charge in [0.25, 0.3) is 0 Å². The Morgan fingerprint density at radius 1 is 1.00 bits per heavy atom. The van der Waals surface area contributed by atoms with Gasteiger partial charge >= 0.3 is 0 Å². The molecule has 0 heterocycles. The standard InChI is InChI=1S/C20H24N4O/c21-20(24-17-10-2-1-3-11-17)22-14-15-7-6-12-18(13-15)23-19(25)16-8-4-5-9-16/h1-3,6-7,10-13,16H,4-5,8-9,14H2,(H,23,25)(H3,21,22,24). The van der Waals surface area contributed by atoms with Gasteiger partial charge in [-0.25, -0.2) is 4.99 Å². The zero-order valence-electron chi connectivity index (χ0n) is 14.2. The van der Waals surface area contributed by atoms with Crippen LogP contribution in [0.2, 0.25) is 0 Å². The minimum absolute atomic E-state index is 0.128. The molecule has 3 rings (SSSR count). The van der Waals surface area contributed by atoms with E-state index in [4.69, 9.17) is 5.73 Å². The molecule has 0 unspecified atom stereocenters. The van der Waals surface area contributed by atoms with E-state index >= 15 is 0 Å². The zero-order valence-corrected chi connectivity index (χ0v) is 14.2. The van der Waals surface area contributed by atoms with Gasteiger partial charge in [-0.1, -0.05) is 43.2 Å². The molecule has 0 aliphatic heterocycles. The number of nitrogens with one attached hydrogen (secondary N) is 2. The Bertz CT molecular complexity index is 736. The summed E-state index contributed by atoms with van der Waals surface area (Å²) in [7, 11) is 0. The molecule has 0 saturated heterocycles. The van der Waals surface area contributed by atoms with E-state index in [-0.39, 0.29) is 11.8 Å². The maximum Gasteiger partial charge on any atom is 0.227 e. The van der Waals surface area contributed by atoms with Crippen molar-refractivity contribution in [2.45, 2.75) is 32.2 Å². The van der Waals surface area contributed by atoms with Crippen LogP contribution in [0.5, 0.6) is 0 Å². The maximum absolute atomic E-state index is 12.2. The third-order valence-electron chi connectivity index (χ3n) is 4.40. The molecule has 1 saturated carbocycles. The van der Waals surface area contributed by atoms with Gasteiger partial charge in [0.05, 0.1) is 6.54 Å². The lowest BCUT2D eigenvalue weighted by Gasteiger charge is -2.11. The molecule has 5 nitrogen and oxygen atoms in total. The lowest BCUT2D eigenvalue weighted by atomic mass is 10.1. The van der Waals surface area contributed by atoms with E-state index in [1.807, 2.05) is 54.6 Å². The Morgan fingerprint density at radius 2 is 1.72 bits per heavy atom. The largest absolute Gasteiger partial charge is 0.370 e. The molecule has 1 aliphatic carbocycles. The number of nitrogens with zero attached hydrogens (tertiary/aromatic N) is 1. The van der Waals surface area contributed by atoms with Gasteiger partial charge in [0.15, 0.2) is 5.96 Å². The van der Waals surface area contributed by atoms with E-state index in [1.165, 1.54) is 0 Å². The Morgan fingerprint density at radius 3 is 2.48 bits per heavy atom. The number of hydrogen-bond acceptors (Lipinski definition) is 2. The quantitative estimate of drug-likeness (QED) is 0.575. The van der Waals surface area contributed by atoms with Crippen LogP contribution >= 0.6 is 0 Å². The Labute approximate surface area is 148 Å². The fourth-order valence-electron chi connectivity index (χ4n) is 3.07.